The number of benzene rings is 2. The minimum absolute atomic E-state index is 0.0307. The zero-order valence-corrected chi connectivity index (χ0v) is 21.3. The number of hydrogen-bond donors (Lipinski definition) is 1. The molecule has 10 heteroatoms. The van der Waals surface area contributed by atoms with Crippen LogP contribution >= 0.6 is 11.3 Å². The summed E-state index contributed by atoms with van der Waals surface area (Å²) in [5.41, 5.74) is 3.04. The molecule has 2 atom stereocenters. The monoisotopic (exact) mass is 521 g/mol. The first-order chi connectivity index (χ1) is 18.0. The Morgan fingerprint density at radius 1 is 1.22 bits per heavy atom. The number of fused-ring (bicyclic) bond motifs is 1. The summed E-state index contributed by atoms with van der Waals surface area (Å²) in [6, 6.07) is 14.4. The number of amides is 2. The van der Waals surface area contributed by atoms with Crippen molar-refractivity contribution >= 4 is 34.2 Å². The predicted octanol–water partition coefficient (Wildman–Crippen LogP) is 4.01. The number of aryl methyl sites for hydroxylation is 1. The summed E-state index contributed by atoms with van der Waals surface area (Å²) in [6.45, 7) is 3.03. The van der Waals surface area contributed by atoms with Gasteiger partial charge in [-0.15, -0.1) is 16.4 Å². The first-order valence-corrected chi connectivity index (χ1v) is 13.1. The van der Waals surface area contributed by atoms with Crippen molar-refractivity contribution in [2.24, 2.45) is 0 Å². The third-order valence-corrected chi connectivity index (χ3v) is 7.60. The molecule has 8 nitrogen and oxygen atoms in total. The summed E-state index contributed by atoms with van der Waals surface area (Å²) in [6.07, 6.45) is 1.83. The zero-order valence-electron chi connectivity index (χ0n) is 20.5. The number of carbonyl (C=O) groups is 2. The van der Waals surface area contributed by atoms with E-state index in [1.165, 1.54) is 28.2 Å². The Kier molecular flexibility index (Phi) is 7.57. The molecule has 2 aromatic heterocycles. The fraction of sp³-hybridized carbons (Fsp3) is 0.333. The van der Waals surface area contributed by atoms with E-state index in [2.05, 4.69) is 15.6 Å². The molecule has 0 bridgehead atoms. The molecule has 1 aliphatic rings. The van der Waals surface area contributed by atoms with E-state index in [4.69, 9.17) is 4.74 Å². The molecule has 2 amide bonds. The number of rotatable bonds is 9. The van der Waals surface area contributed by atoms with Gasteiger partial charge in [-0.05, 0) is 66.6 Å². The molecule has 1 saturated heterocycles. The van der Waals surface area contributed by atoms with E-state index in [1.54, 1.807) is 17.0 Å². The van der Waals surface area contributed by atoms with E-state index in [1.807, 2.05) is 42.6 Å². The molecule has 1 N–H and O–H groups in total. The van der Waals surface area contributed by atoms with Crippen LogP contribution in [0.5, 0.6) is 0 Å². The summed E-state index contributed by atoms with van der Waals surface area (Å²) in [5, 5.41) is 13.2. The zero-order chi connectivity index (χ0) is 25.8. The molecule has 0 aliphatic carbocycles. The Labute approximate surface area is 218 Å². The molecule has 192 valence electrons. The number of nitrogens with one attached hydrogen (secondary N) is 1. The SMILES string of the molecule is Cc1ccsc1[C@@H](C(=O)NC[C@H]1CCCO1)N(Cc1ccc(F)cc1)C(=O)Cn1nnc2ccccc21. The summed E-state index contributed by atoms with van der Waals surface area (Å²) in [5.74, 6) is -0.944. The second-order valence-corrected chi connectivity index (χ2v) is 10.1. The minimum atomic E-state index is -0.867. The average molecular weight is 522 g/mol. The van der Waals surface area contributed by atoms with Crippen LogP contribution in [0.4, 0.5) is 4.39 Å². The summed E-state index contributed by atoms with van der Waals surface area (Å²) in [7, 11) is 0. The lowest BCUT2D eigenvalue weighted by Crippen LogP contribution is -2.46. The molecule has 2 aromatic carbocycles. The van der Waals surface area contributed by atoms with Crippen LogP contribution in [0.15, 0.2) is 60.0 Å². The van der Waals surface area contributed by atoms with E-state index in [0.29, 0.717) is 24.2 Å². The maximum absolute atomic E-state index is 13.9. The summed E-state index contributed by atoms with van der Waals surface area (Å²) >= 11 is 1.43. The van der Waals surface area contributed by atoms with Crippen LogP contribution in [0.25, 0.3) is 11.0 Å². The number of thiophene rings is 1. The van der Waals surface area contributed by atoms with Crippen molar-refractivity contribution in [1.29, 1.82) is 0 Å². The van der Waals surface area contributed by atoms with E-state index in [0.717, 1.165) is 28.8 Å². The Bertz CT molecular complexity index is 1380. The van der Waals surface area contributed by atoms with Crippen molar-refractivity contribution in [3.8, 4) is 0 Å². The number of hydrogen-bond acceptors (Lipinski definition) is 6. The predicted molar refractivity (Wildman–Crippen MR) is 138 cm³/mol. The molecule has 1 aliphatic heterocycles. The molecule has 0 saturated carbocycles. The molecule has 37 heavy (non-hydrogen) atoms. The lowest BCUT2D eigenvalue weighted by atomic mass is 10.1. The van der Waals surface area contributed by atoms with Gasteiger partial charge in [-0.3, -0.25) is 9.59 Å². The highest BCUT2D eigenvalue weighted by molar-refractivity contribution is 7.10. The first kappa shape index (κ1) is 25.0. The third-order valence-electron chi connectivity index (χ3n) is 6.53. The van der Waals surface area contributed by atoms with Crippen molar-refractivity contribution in [2.45, 2.75) is 45.0 Å². The maximum Gasteiger partial charge on any atom is 0.248 e. The Morgan fingerprint density at radius 2 is 2.03 bits per heavy atom. The van der Waals surface area contributed by atoms with Gasteiger partial charge in [-0.2, -0.15) is 0 Å². The molecule has 4 aromatic rings. The highest BCUT2D eigenvalue weighted by Crippen LogP contribution is 2.31. The second-order valence-electron chi connectivity index (χ2n) is 9.13. The first-order valence-electron chi connectivity index (χ1n) is 12.2. The van der Waals surface area contributed by atoms with Crippen LogP contribution in [0.1, 0.15) is 34.9 Å². The number of halogens is 1. The van der Waals surface area contributed by atoms with Gasteiger partial charge in [0, 0.05) is 24.6 Å². The molecule has 3 heterocycles. The highest BCUT2D eigenvalue weighted by Gasteiger charge is 2.34. The fourth-order valence-electron chi connectivity index (χ4n) is 4.55. The molecule has 5 rings (SSSR count). The van der Waals surface area contributed by atoms with Crippen LogP contribution in [0.2, 0.25) is 0 Å². The van der Waals surface area contributed by atoms with Gasteiger partial charge in [-0.25, -0.2) is 9.07 Å². The normalized spacial score (nSPS) is 16.1. The molecule has 0 spiro atoms. The van der Waals surface area contributed by atoms with E-state index >= 15 is 0 Å². The number of carbonyl (C=O) groups excluding carboxylic acids is 2. The van der Waals surface area contributed by atoms with Crippen molar-refractivity contribution < 1.29 is 18.7 Å². The smallest absolute Gasteiger partial charge is 0.248 e. The standard InChI is InChI=1S/C27H28FN5O3S/c1-18-12-14-37-26(18)25(27(35)29-15-21-5-4-13-36-21)32(16-19-8-10-20(28)11-9-19)24(34)17-33-23-7-3-2-6-22(23)30-31-33/h2-3,6-12,14,21,25H,4-5,13,15-17H2,1H3,(H,29,35)/t21-,25+/m1/s1. The topological polar surface area (TPSA) is 89.4 Å². The van der Waals surface area contributed by atoms with E-state index in [-0.39, 0.29) is 36.8 Å². The van der Waals surface area contributed by atoms with Gasteiger partial charge in [0.1, 0.15) is 23.9 Å². The summed E-state index contributed by atoms with van der Waals surface area (Å²) in [4.78, 5) is 29.9. The van der Waals surface area contributed by atoms with Crippen LogP contribution in [0.3, 0.4) is 0 Å². The maximum atomic E-state index is 13.9. The van der Waals surface area contributed by atoms with Crippen LogP contribution in [0, 0.1) is 12.7 Å². The van der Waals surface area contributed by atoms with Gasteiger partial charge in [0.15, 0.2) is 0 Å². The van der Waals surface area contributed by atoms with Crippen molar-refractivity contribution in [2.75, 3.05) is 13.2 Å². The lowest BCUT2D eigenvalue weighted by Gasteiger charge is -2.31. The van der Waals surface area contributed by atoms with Crippen LogP contribution in [-0.2, 0) is 27.4 Å². The van der Waals surface area contributed by atoms with Gasteiger partial charge in [0.05, 0.1) is 11.6 Å². The molecular formula is C27H28FN5O3S. The molecule has 1 fully saturated rings. The van der Waals surface area contributed by atoms with Gasteiger partial charge in [0.25, 0.3) is 0 Å². The highest BCUT2D eigenvalue weighted by atomic mass is 32.1. The minimum Gasteiger partial charge on any atom is -0.376 e. The number of aromatic nitrogens is 3. The third kappa shape index (κ3) is 5.70. The van der Waals surface area contributed by atoms with Gasteiger partial charge >= 0.3 is 0 Å². The van der Waals surface area contributed by atoms with E-state index in [9.17, 15) is 14.0 Å². The Morgan fingerprint density at radius 3 is 2.76 bits per heavy atom. The number of para-hydroxylation sites is 1. The molecule has 0 radical (unpaired) electrons. The number of ether oxygens (including phenoxy) is 1. The van der Waals surface area contributed by atoms with E-state index < -0.39 is 6.04 Å². The summed E-state index contributed by atoms with van der Waals surface area (Å²) < 4.78 is 20.8. The molecule has 0 unspecified atom stereocenters. The Hall–Kier alpha value is -3.63. The Balaban J connectivity index is 1.48. The van der Waals surface area contributed by atoms with Gasteiger partial charge in [0.2, 0.25) is 11.8 Å². The van der Waals surface area contributed by atoms with Crippen molar-refractivity contribution in [3.05, 3.63) is 81.8 Å². The molecular weight excluding hydrogens is 493 g/mol. The van der Waals surface area contributed by atoms with Crippen molar-refractivity contribution in [3.63, 3.8) is 0 Å². The van der Waals surface area contributed by atoms with Crippen molar-refractivity contribution in [1.82, 2.24) is 25.2 Å². The lowest BCUT2D eigenvalue weighted by molar-refractivity contribution is -0.142. The van der Waals surface area contributed by atoms with Crippen LogP contribution in [-0.4, -0.2) is 51.0 Å². The van der Waals surface area contributed by atoms with Gasteiger partial charge < -0.3 is 15.0 Å². The van der Waals surface area contributed by atoms with Crippen LogP contribution < -0.4 is 5.32 Å². The second kappa shape index (κ2) is 11.2. The quantitative estimate of drug-likeness (QED) is 0.360. The largest absolute Gasteiger partial charge is 0.376 e. The number of nitrogens with zero attached hydrogens (tertiary/aromatic N) is 4. The average Bonchev–Trinajstić information content (AvgIpc) is 3.66. The fourth-order valence-corrected chi connectivity index (χ4v) is 5.58. The van der Waals surface area contributed by atoms with Gasteiger partial charge in [-0.1, -0.05) is 29.5 Å².